The molecule has 21 heavy (non-hydrogen) atoms. The maximum Gasteiger partial charge on any atom is 0.238 e. The SMILES string of the molecule is NC(=O)C1(C(=O)N2CCO[C@@H](c3ccc(Cl)cc3)C2)CC1. The third-order valence-corrected chi connectivity index (χ3v) is 4.48. The molecule has 0 radical (unpaired) electrons. The van der Waals surface area contributed by atoms with E-state index in [0.29, 0.717) is 37.6 Å². The zero-order chi connectivity index (χ0) is 15.0. The van der Waals surface area contributed by atoms with E-state index < -0.39 is 11.3 Å². The number of ether oxygens (including phenoxy) is 1. The topological polar surface area (TPSA) is 72.6 Å². The molecule has 1 atom stereocenters. The van der Waals surface area contributed by atoms with Crippen LogP contribution in [-0.4, -0.2) is 36.4 Å². The van der Waals surface area contributed by atoms with Crippen molar-refractivity contribution in [3.8, 4) is 0 Å². The summed E-state index contributed by atoms with van der Waals surface area (Å²) in [5, 5.41) is 0.660. The molecule has 1 aromatic carbocycles. The lowest BCUT2D eigenvalue weighted by molar-refractivity contribution is -0.149. The molecule has 112 valence electrons. The number of carbonyl (C=O) groups is 2. The maximum atomic E-state index is 12.5. The van der Waals surface area contributed by atoms with Crippen LogP contribution in [-0.2, 0) is 14.3 Å². The Kier molecular flexibility index (Phi) is 3.63. The van der Waals surface area contributed by atoms with Gasteiger partial charge in [-0.05, 0) is 30.5 Å². The van der Waals surface area contributed by atoms with Crippen LogP contribution in [0.3, 0.4) is 0 Å². The highest BCUT2D eigenvalue weighted by Crippen LogP contribution is 2.47. The number of benzene rings is 1. The molecule has 1 aliphatic heterocycles. The van der Waals surface area contributed by atoms with E-state index in [4.69, 9.17) is 22.1 Å². The van der Waals surface area contributed by atoms with Crippen molar-refractivity contribution in [3.63, 3.8) is 0 Å². The van der Waals surface area contributed by atoms with Gasteiger partial charge in [0, 0.05) is 11.6 Å². The number of carbonyl (C=O) groups excluding carboxylic acids is 2. The summed E-state index contributed by atoms with van der Waals surface area (Å²) in [5.74, 6) is -0.667. The van der Waals surface area contributed by atoms with Crippen molar-refractivity contribution in [2.24, 2.45) is 11.1 Å². The fourth-order valence-electron chi connectivity index (χ4n) is 2.71. The Hall–Kier alpha value is -1.59. The highest BCUT2D eigenvalue weighted by Gasteiger charge is 2.57. The maximum absolute atomic E-state index is 12.5. The van der Waals surface area contributed by atoms with Gasteiger partial charge in [0.05, 0.1) is 13.2 Å². The van der Waals surface area contributed by atoms with Crippen LogP contribution < -0.4 is 5.73 Å². The lowest BCUT2D eigenvalue weighted by atomic mass is 10.0. The average molecular weight is 309 g/mol. The Morgan fingerprint density at radius 1 is 1.29 bits per heavy atom. The van der Waals surface area contributed by atoms with Crippen LogP contribution in [0, 0.1) is 5.41 Å². The van der Waals surface area contributed by atoms with Gasteiger partial charge in [-0.3, -0.25) is 9.59 Å². The molecule has 1 aromatic rings. The summed E-state index contributed by atoms with van der Waals surface area (Å²) in [6, 6.07) is 7.38. The summed E-state index contributed by atoms with van der Waals surface area (Å²) in [6.07, 6.45) is 0.928. The zero-order valence-corrected chi connectivity index (χ0v) is 12.3. The van der Waals surface area contributed by atoms with Crippen molar-refractivity contribution < 1.29 is 14.3 Å². The van der Waals surface area contributed by atoms with Crippen molar-refractivity contribution in [1.29, 1.82) is 0 Å². The summed E-state index contributed by atoms with van der Waals surface area (Å²) >= 11 is 5.88. The Morgan fingerprint density at radius 3 is 2.52 bits per heavy atom. The van der Waals surface area contributed by atoms with E-state index in [0.717, 1.165) is 5.56 Å². The van der Waals surface area contributed by atoms with Gasteiger partial charge in [-0.2, -0.15) is 0 Å². The molecule has 2 N–H and O–H groups in total. The standard InChI is InChI=1S/C15H17ClN2O3/c16-11-3-1-10(2-4-11)12-9-18(7-8-21-12)14(20)15(5-6-15)13(17)19/h1-4,12H,5-9H2,(H2,17,19)/t12-/m1/s1. The smallest absolute Gasteiger partial charge is 0.238 e. The lowest BCUT2D eigenvalue weighted by Gasteiger charge is -2.34. The first kappa shape index (κ1) is 14.4. The minimum atomic E-state index is -0.956. The fraction of sp³-hybridized carbons (Fsp3) is 0.467. The molecule has 1 heterocycles. The number of amides is 2. The number of hydrogen-bond acceptors (Lipinski definition) is 3. The largest absolute Gasteiger partial charge is 0.370 e. The van der Waals surface area contributed by atoms with Crippen molar-refractivity contribution in [2.75, 3.05) is 19.7 Å². The van der Waals surface area contributed by atoms with Gasteiger partial charge in [-0.1, -0.05) is 23.7 Å². The molecule has 1 aliphatic carbocycles. The average Bonchev–Trinajstić information content (AvgIpc) is 3.29. The summed E-state index contributed by atoms with van der Waals surface area (Å²) in [5.41, 5.74) is 5.39. The van der Waals surface area contributed by atoms with Gasteiger partial charge in [-0.15, -0.1) is 0 Å². The van der Waals surface area contributed by atoms with Crippen molar-refractivity contribution in [2.45, 2.75) is 18.9 Å². The Morgan fingerprint density at radius 2 is 1.95 bits per heavy atom. The summed E-state index contributed by atoms with van der Waals surface area (Å²) in [4.78, 5) is 25.7. The van der Waals surface area contributed by atoms with Gasteiger partial charge in [0.2, 0.25) is 11.8 Å². The van der Waals surface area contributed by atoms with E-state index in [9.17, 15) is 9.59 Å². The molecule has 0 unspecified atom stereocenters. The number of nitrogens with zero attached hydrogens (tertiary/aromatic N) is 1. The second kappa shape index (κ2) is 5.31. The molecule has 6 heteroatoms. The monoisotopic (exact) mass is 308 g/mol. The molecule has 2 fully saturated rings. The number of hydrogen-bond donors (Lipinski definition) is 1. The van der Waals surface area contributed by atoms with E-state index in [2.05, 4.69) is 0 Å². The first-order valence-corrected chi connectivity index (χ1v) is 7.37. The first-order valence-electron chi connectivity index (χ1n) is 6.99. The molecule has 1 saturated heterocycles. The molecule has 1 saturated carbocycles. The van der Waals surface area contributed by atoms with Crippen molar-refractivity contribution in [3.05, 3.63) is 34.9 Å². The molecular weight excluding hydrogens is 292 g/mol. The third-order valence-electron chi connectivity index (χ3n) is 4.23. The minimum absolute atomic E-state index is 0.155. The predicted octanol–water partition coefficient (Wildman–Crippen LogP) is 1.51. The Balaban J connectivity index is 1.73. The molecule has 0 bridgehead atoms. The van der Waals surface area contributed by atoms with Crippen molar-refractivity contribution >= 4 is 23.4 Å². The summed E-state index contributed by atoms with van der Waals surface area (Å²) < 4.78 is 5.72. The van der Waals surface area contributed by atoms with Gasteiger partial charge in [-0.25, -0.2) is 0 Å². The molecule has 0 aromatic heterocycles. The highest BCUT2D eigenvalue weighted by molar-refractivity contribution is 6.30. The van der Waals surface area contributed by atoms with E-state index in [1.54, 1.807) is 17.0 Å². The quantitative estimate of drug-likeness (QED) is 0.860. The molecule has 5 nitrogen and oxygen atoms in total. The molecule has 0 spiro atoms. The fourth-order valence-corrected chi connectivity index (χ4v) is 2.83. The number of rotatable bonds is 3. The summed E-state index contributed by atoms with van der Waals surface area (Å²) in [7, 11) is 0. The van der Waals surface area contributed by atoms with Crippen LogP contribution in [0.5, 0.6) is 0 Å². The lowest BCUT2D eigenvalue weighted by Crippen LogP contribution is -2.48. The van der Waals surface area contributed by atoms with E-state index >= 15 is 0 Å². The molecular formula is C15H17ClN2O3. The van der Waals surface area contributed by atoms with Crippen LogP contribution in [0.2, 0.25) is 5.02 Å². The van der Waals surface area contributed by atoms with Gasteiger partial charge in [0.1, 0.15) is 11.5 Å². The van der Waals surface area contributed by atoms with Crippen molar-refractivity contribution in [1.82, 2.24) is 4.90 Å². The van der Waals surface area contributed by atoms with E-state index in [1.807, 2.05) is 12.1 Å². The number of nitrogens with two attached hydrogens (primary N) is 1. The normalized spacial score (nSPS) is 23.7. The Bertz CT molecular complexity index is 569. The van der Waals surface area contributed by atoms with Crippen LogP contribution in [0.25, 0.3) is 0 Å². The molecule has 2 aliphatic rings. The molecule has 3 rings (SSSR count). The van der Waals surface area contributed by atoms with E-state index in [1.165, 1.54) is 0 Å². The number of halogens is 1. The Labute approximate surface area is 128 Å². The third kappa shape index (κ3) is 2.63. The van der Waals surface area contributed by atoms with Gasteiger partial charge < -0.3 is 15.4 Å². The second-order valence-electron chi connectivity index (χ2n) is 5.61. The van der Waals surface area contributed by atoms with Crippen LogP contribution in [0.15, 0.2) is 24.3 Å². The minimum Gasteiger partial charge on any atom is -0.370 e. The van der Waals surface area contributed by atoms with Gasteiger partial charge in [0.15, 0.2) is 0 Å². The van der Waals surface area contributed by atoms with Gasteiger partial charge >= 0.3 is 0 Å². The van der Waals surface area contributed by atoms with Crippen LogP contribution in [0.1, 0.15) is 24.5 Å². The van der Waals surface area contributed by atoms with Crippen LogP contribution >= 0.6 is 11.6 Å². The second-order valence-corrected chi connectivity index (χ2v) is 6.04. The molecule has 2 amide bonds. The zero-order valence-electron chi connectivity index (χ0n) is 11.5. The predicted molar refractivity (Wildman–Crippen MR) is 77.6 cm³/mol. The summed E-state index contributed by atoms with van der Waals surface area (Å²) in [6.45, 7) is 1.39. The highest BCUT2D eigenvalue weighted by atomic mass is 35.5. The number of morpholine rings is 1. The first-order chi connectivity index (χ1) is 10.0. The van der Waals surface area contributed by atoms with Gasteiger partial charge in [0.25, 0.3) is 0 Å². The number of primary amides is 1. The van der Waals surface area contributed by atoms with Crippen LogP contribution in [0.4, 0.5) is 0 Å². The van der Waals surface area contributed by atoms with E-state index in [-0.39, 0.29) is 12.0 Å².